The normalized spacial score (nSPS) is 22.4. The molecule has 0 spiro atoms. The Balaban J connectivity index is 1.49. The van der Waals surface area contributed by atoms with Crippen molar-refractivity contribution in [1.29, 1.82) is 0 Å². The zero-order chi connectivity index (χ0) is 13.8. The van der Waals surface area contributed by atoms with Crippen LogP contribution in [0.15, 0.2) is 6.33 Å². The van der Waals surface area contributed by atoms with Crippen LogP contribution in [0.25, 0.3) is 4.96 Å². The summed E-state index contributed by atoms with van der Waals surface area (Å²) < 4.78 is 1.95. The lowest BCUT2D eigenvalue weighted by atomic mass is 9.85. The van der Waals surface area contributed by atoms with E-state index in [1.165, 1.54) is 25.0 Å². The highest BCUT2D eigenvalue weighted by Gasteiger charge is 2.29. The van der Waals surface area contributed by atoms with Crippen molar-refractivity contribution in [3.05, 3.63) is 28.5 Å². The molecule has 1 atom stereocenters. The lowest BCUT2D eigenvalue weighted by Gasteiger charge is -2.22. The molecular weight excluding hydrogens is 286 g/mol. The lowest BCUT2D eigenvalue weighted by Crippen LogP contribution is -2.28. The van der Waals surface area contributed by atoms with Gasteiger partial charge in [-0.1, -0.05) is 17.8 Å². The molecule has 5 rings (SSSR count). The van der Waals surface area contributed by atoms with E-state index >= 15 is 0 Å². The van der Waals surface area contributed by atoms with E-state index in [0.717, 1.165) is 34.5 Å². The van der Waals surface area contributed by atoms with Gasteiger partial charge in [0.15, 0.2) is 5.82 Å². The molecule has 3 aromatic heterocycles. The number of nitrogens with zero attached hydrogens (tertiary/aromatic N) is 5. The van der Waals surface area contributed by atoms with Crippen LogP contribution < -0.4 is 5.32 Å². The van der Waals surface area contributed by atoms with Gasteiger partial charge in [-0.2, -0.15) is 9.61 Å². The molecule has 7 nitrogen and oxygen atoms in total. The lowest BCUT2D eigenvalue weighted by molar-refractivity contribution is 0.393. The summed E-state index contributed by atoms with van der Waals surface area (Å²) in [6, 6.07) is 0.224. The molecule has 0 amide bonds. The maximum Gasteiger partial charge on any atom is 0.234 e. The number of imidazole rings is 1. The number of rotatable bonds is 2. The van der Waals surface area contributed by atoms with E-state index in [0.29, 0.717) is 5.92 Å². The third kappa shape index (κ3) is 1.75. The Bertz CT molecular complexity index is 797. The van der Waals surface area contributed by atoms with Crippen molar-refractivity contribution >= 4 is 16.3 Å². The topological polar surface area (TPSA) is 83.8 Å². The monoisotopic (exact) mass is 301 g/mol. The minimum absolute atomic E-state index is 0.224. The predicted octanol–water partition coefficient (Wildman–Crippen LogP) is 1.56. The highest BCUT2D eigenvalue weighted by Crippen LogP contribution is 2.36. The molecule has 4 heterocycles. The fourth-order valence-corrected chi connectivity index (χ4v) is 3.97. The molecule has 1 saturated carbocycles. The number of hydrogen-bond acceptors (Lipinski definition) is 6. The molecule has 1 unspecified atom stereocenters. The van der Waals surface area contributed by atoms with Gasteiger partial charge >= 0.3 is 0 Å². The first kappa shape index (κ1) is 11.8. The minimum atomic E-state index is 0.224. The summed E-state index contributed by atoms with van der Waals surface area (Å²) in [5.41, 5.74) is 2.33. The van der Waals surface area contributed by atoms with Gasteiger partial charge in [0.25, 0.3) is 0 Å². The highest BCUT2D eigenvalue weighted by molar-refractivity contribution is 7.16. The van der Waals surface area contributed by atoms with Gasteiger partial charge in [0.05, 0.1) is 23.8 Å². The molecule has 1 aliphatic heterocycles. The van der Waals surface area contributed by atoms with Crippen molar-refractivity contribution in [3.63, 3.8) is 0 Å². The maximum atomic E-state index is 4.77. The third-order valence-corrected chi connectivity index (χ3v) is 5.54. The SMILES string of the molecule is c1nc2c([nH]1)CNC(c1nn3c(C4CCC4)nnc3s1)C2. The third-order valence-electron chi connectivity index (χ3n) is 4.53. The summed E-state index contributed by atoms with van der Waals surface area (Å²) in [7, 11) is 0. The van der Waals surface area contributed by atoms with Crippen LogP contribution in [-0.4, -0.2) is 29.8 Å². The average Bonchev–Trinajstić information content (AvgIpc) is 3.11. The Morgan fingerprint density at radius 2 is 2.24 bits per heavy atom. The van der Waals surface area contributed by atoms with Crippen LogP contribution in [0.2, 0.25) is 0 Å². The fraction of sp³-hybridized carbons (Fsp3) is 0.538. The Labute approximate surface area is 124 Å². The summed E-state index contributed by atoms with van der Waals surface area (Å²) in [5.74, 6) is 1.59. The second-order valence-corrected chi connectivity index (χ2v) is 6.77. The van der Waals surface area contributed by atoms with Crippen LogP contribution in [0.5, 0.6) is 0 Å². The second kappa shape index (κ2) is 4.35. The highest BCUT2D eigenvalue weighted by atomic mass is 32.1. The molecule has 108 valence electrons. The number of hydrogen-bond donors (Lipinski definition) is 2. The number of aromatic nitrogens is 6. The zero-order valence-electron chi connectivity index (χ0n) is 11.4. The second-order valence-electron chi connectivity index (χ2n) is 5.79. The molecule has 0 aromatic carbocycles. The van der Waals surface area contributed by atoms with Crippen molar-refractivity contribution in [2.75, 3.05) is 0 Å². The molecule has 8 heteroatoms. The summed E-state index contributed by atoms with van der Waals surface area (Å²) >= 11 is 1.63. The van der Waals surface area contributed by atoms with Crippen molar-refractivity contribution in [1.82, 2.24) is 35.1 Å². The predicted molar refractivity (Wildman–Crippen MR) is 77.1 cm³/mol. The molecule has 21 heavy (non-hydrogen) atoms. The minimum Gasteiger partial charge on any atom is -0.347 e. The molecule has 0 radical (unpaired) electrons. The maximum absolute atomic E-state index is 4.77. The van der Waals surface area contributed by atoms with E-state index in [-0.39, 0.29) is 6.04 Å². The summed E-state index contributed by atoms with van der Waals surface area (Å²) in [6.45, 7) is 0.815. The van der Waals surface area contributed by atoms with Crippen molar-refractivity contribution < 1.29 is 0 Å². The molecule has 1 fully saturated rings. The summed E-state index contributed by atoms with van der Waals surface area (Å²) in [6.07, 6.45) is 6.37. The van der Waals surface area contributed by atoms with E-state index < -0.39 is 0 Å². The zero-order valence-corrected chi connectivity index (χ0v) is 12.2. The molecule has 0 bridgehead atoms. The van der Waals surface area contributed by atoms with Crippen LogP contribution in [0.4, 0.5) is 0 Å². The summed E-state index contributed by atoms with van der Waals surface area (Å²) in [5, 5.41) is 18.0. The van der Waals surface area contributed by atoms with E-state index in [4.69, 9.17) is 5.10 Å². The first-order valence-electron chi connectivity index (χ1n) is 7.35. The molecule has 2 aliphatic rings. The van der Waals surface area contributed by atoms with E-state index in [9.17, 15) is 0 Å². The Hall–Kier alpha value is -1.80. The summed E-state index contributed by atoms with van der Waals surface area (Å²) in [4.78, 5) is 8.47. The van der Waals surface area contributed by atoms with Gasteiger partial charge in [-0.3, -0.25) is 0 Å². The van der Waals surface area contributed by atoms with Gasteiger partial charge < -0.3 is 10.3 Å². The largest absolute Gasteiger partial charge is 0.347 e. The van der Waals surface area contributed by atoms with Crippen LogP contribution in [0, 0.1) is 0 Å². The van der Waals surface area contributed by atoms with Gasteiger partial charge in [0.1, 0.15) is 5.01 Å². The Morgan fingerprint density at radius 3 is 3.10 bits per heavy atom. The first-order chi connectivity index (χ1) is 10.4. The standard InChI is InChI=1S/C13H15N7S/c1-2-7(3-1)11-17-18-13-20(11)19-12(21-13)9-4-8-10(5-14-9)16-6-15-8/h6-7,9,14H,1-5H2,(H,15,16). The van der Waals surface area contributed by atoms with E-state index in [1.807, 2.05) is 4.52 Å². The molecule has 2 N–H and O–H groups in total. The van der Waals surface area contributed by atoms with Gasteiger partial charge in [-0.25, -0.2) is 4.98 Å². The van der Waals surface area contributed by atoms with Crippen LogP contribution in [-0.2, 0) is 13.0 Å². The van der Waals surface area contributed by atoms with Crippen molar-refractivity contribution in [2.24, 2.45) is 0 Å². The number of aromatic amines is 1. The van der Waals surface area contributed by atoms with Crippen molar-refractivity contribution in [3.8, 4) is 0 Å². The van der Waals surface area contributed by atoms with E-state index in [2.05, 4.69) is 25.5 Å². The quantitative estimate of drug-likeness (QED) is 0.750. The van der Waals surface area contributed by atoms with Gasteiger partial charge in [0.2, 0.25) is 4.96 Å². The molecule has 0 saturated heterocycles. The first-order valence-corrected chi connectivity index (χ1v) is 8.16. The smallest absolute Gasteiger partial charge is 0.234 e. The van der Waals surface area contributed by atoms with E-state index in [1.54, 1.807) is 17.7 Å². The molecule has 1 aliphatic carbocycles. The average molecular weight is 301 g/mol. The molecule has 3 aromatic rings. The number of fused-ring (bicyclic) bond motifs is 2. The van der Waals surface area contributed by atoms with Gasteiger partial charge in [-0.05, 0) is 12.8 Å². The molecular formula is C13H15N7S. The fourth-order valence-electron chi connectivity index (χ4n) is 3.05. The van der Waals surface area contributed by atoms with Crippen LogP contribution in [0.1, 0.15) is 53.4 Å². The van der Waals surface area contributed by atoms with Gasteiger partial charge in [0, 0.05) is 18.9 Å². The number of H-pyrrole nitrogens is 1. The Kier molecular flexibility index (Phi) is 2.45. The number of nitrogens with one attached hydrogen (secondary N) is 2. The van der Waals surface area contributed by atoms with Crippen molar-refractivity contribution in [2.45, 2.75) is 44.2 Å². The van der Waals surface area contributed by atoms with Crippen LogP contribution >= 0.6 is 11.3 Å². The van der Waals surface area contributed by atoms with Crippen LogP contribution in [0.3, 0.4) is 0 Å². The Morgan fingerprint density at radius 1 is 1.29 bits per heavy atom. The van der Waals surface area contributed by atoms with Gasteiger partial charge in [-0.15, -0.1) is 10.2 Å².